The molecule has 0 unspecified atom stereocenters. The first-order chi connectivity index (χ1) is 10.6. The van der Waals surface area contributed by atoms with Crippen LogP contribution in [0, 0.1) is 5.92 Å². The maximum atomic E-state index is 11.7. The van der Waals surface area contributed by atoms with Gasteiger partial charge < -0.3 is 10.1 Å². The molecule has 22 heavy (non-hydrogen) atoms. The SMILES string of the molecule is CC(C)CNC(=O)NC(=O)COc1ncnc2ccccc12. The predicted octanol–water partition coefficient (Wildman–Crippen LogP) is 1.49. The molecule has 0 radical (unpaired) electrons. The van der Waals surface area contributed by atoms with Crippen molar-refractivity contribution in [3.8, 4) is 5.88 Å². The molecule has 0 fully saturated rings. The molecular formula is C15H18N4O3. The summed E-state index contributed by atoms with van der Waals surface area (Å²) in [6.07, 6.45) is 1.37. The van der Waals surface area contributed by atoms with Crippen molar-refractivity contribution in [2.45, 2.75) is 13.8 Å². The van der Waals surface area contributed by atoms with E-state index in [-0.39, 0.29) is 6.61 Å². The van der Waals surface area contributed by atoms with Gasteiger partial charge >= 0.3 is 6.03 Å². The van der Waals surface area contributed by atoms with Crippen LogP contribution in [0.15, 0.2) is 30.6 Å². The van der Waals surface area contributed by atoms with Crippen LogP contribution in [0.5, 0.6) is 5.88 Å². The van der Waals surface area contributed by atoms with Crippen LogP contribution in [0.4, 0.5) is 4.79 Å². The average Bonchev–Trinajstić information content (AvgIpc) is 2.51. The third kappa shape index (κ3) is 4.41. The number of nitrogens with one attached hydrogen (secondary N) is 2. The molecule has 1 heterocycles. The van der Waals surface area contributed by atoms with Crippen molar-refractivity contribution in [3.63, 3.8) is 0 Å². The number of imide groups is 1. The fourth-order valence-corrected chi connectivity index (χ4v) is 1.73. The average molecular weight is 302 g/mol. The number of fused-ring (bicyclic) bond motifs is 1. The van der Waals surface area contributed by atoms with E-state index in [0.717, 1.165) is 5.52 Å². The number of benzene rings is 1. The highest BCUT2D eigenvalue weighted by molar-refractivity contribution is 5.95. The Hall–Kier alpha value is -2.70. The van der Waals surface area contributed by atoms with Gasteiger partial charge in [-0.15, -0.1) is 0 Å². The number of amides is 3. The Bertz CT molecular complexity index is 667. The lowest BCUT2D eigenvalue weighted by molar-refractivity contribution is -0.122. The summed E-state index contributed by atoms with van der Waals surface area (Å²) in [5.41, 5.74) is 0.725. The number of carbonyl (C=O) groups is 2. The molecule has 1 aromatic carbocycles. The van der Waals surface area contributed by atoms with Crippen molar-refractivity contribution in [1.82, 2.24) is 20.6 Å². The van der Waals surface area contributed by atoms with Crippen molar-refractivity contribution < 1.29 is 14.3 Å². The first kappa shape index (κ1) is 15.7. The summed E-state index contributed by atoms with van der Waals surface area (Å²) in [6, 6.07) is 6.78. The molecular weight excluding hydrogens is 284 g/mol. The van der Waals surface area contributed by atoms with Crippen LogP contribution in [0.2, 0.25) is 0 Å². The van der Waals surface area contributed by atoms with E-state index in [9.17, 15) is 9.59 Å². The van der Waals surface area contributed by atoms with Gasteiger partial charge in [0.15, 0.2) is 6.61 Å². The molecule has 0 saturated carbocycles. The molecule has 0 aliphatic rings. The fraction of sp³-hybridized carbons (Fsp3) is 0.333. The van der Waals surface area contributed by atoms with Crippen LogP contribution < -0.4 is 15.4 Å². The van der Waals surface area contributed by atoms with Crippen LogP contribution in [-0.4, -0.2) is 35.1 Å². The summed E-state index contributed by atoms with van der Waals surface area (Å²) in [6.45, 7) is 4.13. The zero-order valence-electron chi connectivity index (χ0n) is 12.5. The molecule has 7 heteroatoms. The summed E-state index contributed by atoms with van der Waals surface area (Å²) in [4.78, 5) is 31.2. The number of ether oxygens (including phenoxy) is 1. The highest BCUT2D eigenvalue weighted by Gasteiger charge is 2.10. The Morgan fingerprint density at radius 2 is 2.00 bits per heavy atom. The summed E-state index contributed by atoms with van der Waals surface area (Å²) >= 11 is 0. The Balaban J connectivity index is 1.89. The van der Waals surface area contributed by atoms with E-state index >= 15 is 0 Å². The van der Waals surface area contributed by atoms with Crippen molar-refractivity contribution in [1.29, 1.82) is 0 Å². The smallest absolute Gasteiger partial charge is 0.321 e. The number of hydrogen-bond acceptors (Lipinski definition) is 5. The van der Waals surface area contributed by atoms with Crippen molar-refractivity contribution in [2.75, 3.05) is 13.2 Å². The van der Waals surface area contributed by atoms with E-state index in [2.05, 4.69) is 20.6 Å². The van der Waals surface area contributed by atoms with Crippen LogP contribution in [0.1, 0.15) is 13.8 Å². The van der Waals surface area contributed by atoms with E-state index in [4.69, 9.17) is 4.74 Å². The number of rotatable bonds is 5. The Morgan fingerprint density at radius 1 is 1.23 bits per heavy atom. The molecule has 0 spiro atoms. The van der Waals surface area contributed by atoms with Gasteiger partial charge in [0.1, 0.15) is 6.33 Å². The van der Waals surface area contributed by atoms with E-state index in [0.29, 0.717) is 23.7 Å². The van der Waals surface area contributed by atoms with Gasteiger partial charge in [0.05, 0.1) is 10.9 Å². The van der Waals surface area contributed by atoms with E-state index in [1.807, 2.05) is 32.0 Å². The molecule has 0 aliphatic heterocycles. The molecule has 7 nitrogen and oxygen atoms in total. The van der Waals surface area contributed by atoms with Crippen LogP contribution >= 0.6 is 0 Å². The summed E-state index contributed by atoms with van der Waals surface area (Å²) in [7, 11) is 0. The van der Waals surface area contributed by atoms with Crippen molar-refractivity contribution in [3.05, 3.63) is 30.6 Å². The van der Waals surface area contributed by atoms with Gasteiger partial charge in [-0.3, -0.25) is 10.1 Å². The van der Waals surface area contributed by atoms with E-state index in [1.54, 1.807) is 6.07 Å². The topological polar surface area (TPSA) is 93.2 Å². The first-order valence-electron chi connectivity index (χ1n) is 6.96. The predicted molar refractivity (Wildman–Crippen MR) is 81.4 cm³/mol. The molecule has 3 amide bonds. The third-order valence-corrected chi connectivity index (χ3v) is 2.77. The Morgan fingerprint density at radius 3 is 2.77 bits per heavy atom. The van der Waals surface area contributed by atoms with Crippen LogP contribution in [-0.2, 0) is 4.79 Å². The third-order valence-electron chi connectivity index (χ3n) is 2.77. The summed E-state index contributed by atoms with van der Waals surface area (Å²) in [5.74, 6) is 0.0803. The standard InChI is InChI=1S/C15H18N4O3/c1-10(2)7-16-15(21)19-13(20)8-22-14-11-5-3-4-6-12(11)17-9-18-14/h3-6,9-10H,7-8H2,1-2H3,(H2,16,19,20,21). The van der Waals surface area contributed by atoms with Gasteiger partial charge in [0.25, 0.3) is 5.91 Å². The fourth-order valence-electron chi connectivity index (χ4n) is 1.73. The van der Waals surface area contributed by atoms with E-state index < -0.39 is 11.9 Å². The molecule has 1 aromatic heterocycles. The van der Waals surface area contributed by atoms with Gasteiger partial charge in [-0.05, 0) is 18.1 Å². The van der Waals surface area contributed by atoms with Gasteiger partial charge in [0, 0.05) is 6.54 Å². The monoisotopic (exact) mass is 302 g/mol. The molecule has 116 valence electrons. The number of aromatic nitrogens is 2. The van der Waals surface area contributed by atoms with Gasteiger partial charge in [0.2, 0.25) is 5.88 Å². The second-order valence-corrected chi connectivity index (χ2v) is 5.14. The van der Waals surface area contributed by atoms with Gasteiger partial charge in [-0.2, -0.15) is 0 Å². The normalized spacial score (nSPS) is 10.5. The summed E-state index contributed by atoms with van der Waals surface area (Å²) in [5, 5.41) is 5.50. The molecule has 2 rings (SSSR count). The second-order valence-electron chi connectivity index (χ2n) is 5.14. The van der Waals surface area contributed by atoms with Crippen molar-refractivity contribution >= 4 is 22.8 Å². The lowest BCUT2D eigenvalue weighted by Crippen LogP contribution is -2.42. The van der Waals surface area contributed by atoms with Gasteiger partial charge in [-0.1, -0.05) is 26.0 Å². The Labute approximate surface area is 128 Å². The van der Waals surface area contributed by atoms with E-state index in [1.165, 1.54) is 6.33 Å². The molecule has 0 saturated heterocycles. The minimum Gasteiger partial charge on any atom is -0.467 e. The lowest BCUT2D eigenvalue weighted by atomic mass is 10.2. The zero-order valence-corrected chi connectivity index (χ0v) is 12.5. The lowest BCUT2D eigenvalue weighted by Gasteiger charge is -2.09. The largest absolute Gasteiger partial charge is 0.467 e. The van der Waals surface area contributed by atoms with Crippen LogP contribution in [0.3, 0.4) is 0 Å². The molecule has 0 aliphatic carbocycles. The zero-order chi connectivity index (χ0) is 15.9. The molecule has 2 N–H and O–H groups in total. The summed E-state index contributed by atoms with van der Waals surface area (Å²) < 4.78 is 5.36. The highest BCUT2D eigenvalue weighted by Crippen LogP contribution is 2.20. The number of urea groups is 1. The van der Waals surface area contributed by atoms with Crippen molar-refractivity contribution in [2.24, 2.45) is 5.92 Å². The molecule has 0 bridgehead atoms. The maximum Gasteiger partial charge on any atom is 0.321 e. The molecule has 2 aromatic rings. The minimum absolute atomic E-state index is 0.296. The maximum absolute atomic E-state index is 11.7. The first-order valence-corrected chi connectivity index (χ1v) is 6.96. The Kier molecular flexibility index (Phi) is 5.24. The number of hydrogen-bond donors (Lipinski definition) is 2. The van der Waals surface area contributed by atoms with Gasteiger partial charge in [-0.25, -0.2) is 14.8 Å². The van der Waals surface area contributed by atoms with Crippen LogP contribution in [0.25, 0.3) is 10.9 Å². The number of nitrogens with zero attached hydrogens (tertiary/aromatic N) is 2. The number of carbonyl (C=O) groups excluding carboxylic acids is 2. The second kappa shape index (κ2) is 7.35. The minimum atomic E-state index is -0.538. The quantitative estimate of drug-likeness (QED) is 0.873. The number of para-hydroxylation sites is 1. The molecule has 0 atom stereocenters. The highest BCUT2D eigenvalue weighted by atomic mass is 16.5.